The Morgan fingerprint density at radius 3 is 1.48 bits per heavy atom. The maximum atomic E-state index is 14.6. The first-order valence-corrected chi connectivity index (χ1v) is 19.1. The molecule has 7 nitrogen and oxygen atoms in total. The summed E-state index contributed by atoms with van der Waals surface area (Å²) in [4.78, 5) is 45.5. The largest absolute Gasteiger partial charge is 0.516 e. The first-order chi connectivity index (χ1) is 22.5. The fourth-order valence-corrected chi connectivity index (χ4v) is 12.5. The molecule has 0 fully saturated rings. The topological polar surface area (TPSA) is 76.2 Å². The van der Waals surface area contributed by atoms with Gasteiger partial charge in [-0.25, -0.2) is 4.79 Å². The van der Waals surface area contributed by atoms with Crippen molar-refractivity contribution in [3.05, 3.63) is 108 Å². The van der Waals surface area contributed by atoms with Crippen LogP contribution in [-0.4, -0.2) is 62.3 Å². The summed E-state index contributed by atoms with van der Waals surface area (Å²) in [5, 5.41) is -0.521. The van der Waals surface area contributed by atoms with Gasteiger partial charge >= 0.3 is 12.1 Å². The molecule has 2 amide bonds. The van der Waals surface area contributed by atoms with Crippen LogP contribution in [0.2, 0.25) is 16.1 Å². The van der Waals surface area contributed by atoms with E-state index in [9.17, 15) is 14.4 Å². The van der Waals surface area contributed by atoms with Gasteiger partial charge in [0.2, 0.25) is 5.91 Å². The van der Waals surface area contributed by atoms with E-state index in [0.29, 0.717) is 5.92 Å². The molecule has 8 heteroatoms. The van der Waals surface area contributed by atoms with Gasteiger partial charge in [0.1, 0.15) is 18.7 Å². The lowest BCUT2D eigenvalue weighted by Crippen LogP contribution is -2.60. The number of benzene rings is 3. The highest BCUT2D eigenvalue weighted by atomic mass is 28.4. The van der Waals surface area contributed by atoms with Crippen molar-refractivity contribution in [1.82, 2.24) is 9.80 Å². The third kappa shape index (κ3) is 9.81. The highest BCUT2D eigenvalue weighted by Gasteiger charge is 2.58. The molecule has 0 radical (unpaired) electrons. The van der Waals surface area contributed by atoms with Gasteiger partial charge in [0, 0.05) is 26.9 Å². The van der Waals surface area contributed by atoms with Crippen molar-refractivity contribution in [3.8, 4) is 0 Å². The first kappa shape index (κ1) is 38.5. The summed E-state index contributed by atoms with van der Waals surface area (Å²) in [5.74, 6) is -0.446. The normalized spacial score (nSPS) is 13.4. The van der Waals surface area contributed by atoms with E-state index in [1.165, 1.54) is 9.80 Å². The second kappa shape index (κ2) is 16.5. The summed E-state index contributed by atoms with van der Waals surface area (Å²) in [5.41, 5.74) is 2.65. The van der Waals surface area contributed by atoms with Gasteiger partial charge in [0.25, 0.3) is 8.32 Å². The number of rotatable bonds is 13. The van der Waals surface area contributed by atoms with Gasteiger partial charge in [-0.3, -0.25) is 14.5 Å². The molecule has 0 bridgehead atoms. The van der Waals surface area contributed by atoms with Gasteiger partial charge in [0.05, 0.1) is 0 Å². The van der Waals surface area contributed by atoms with Gasteiger partial charge in [-0.15, -0.1) is 0 Å². The quantitative estimate of drug-likeness (QED) is 0.170. The molecule has 0 N–H and O–H groups in total. The van der Waals surface area contributed by atoms with E-state index >= 15 is 0 Å². The molecule has 0 aliphatic heterocycles. The van der Waals surface area contributed by atoms with E-state index in [-0.39, 0.29) is 35.4 Å². The van der Waals surface area contributed by atoms with Crippen LogP contribution in [-0.2, 0) is 38.2 Å². The molecule has 0 aliphatic carbocycles. The maximum absolute atomic E-state index is 14.6. The molecule has 2 atom stereocenters. The zero-order valence-electron chi connectivity index (χ0n) is 30.7. The number of amides is 2. The Labute approximate surface area is 289 Å². The van der Waals surface area contributed by atoms with Gasteiger partial charge in [0.15, 0.2) is 0 Å². The molecule has 3 rings (SSSR count). The monoisotopic (exact) mass is 672 g/mol. The van der Waals surface area contributed by atoms with Gasteiger partial charge in [-0.2, -0.15) is 0 Å². The fraction of sp³-hybridized carbons (Fsp3) is 0.475. The molecule has 260 valence electrons. The first-order valence-electron chi connectivity index (χ1n) is 17.0. The minimum atomic E-state index is -2.83. The maximum Gasteiger partial charge on any atom is 0.410 e. The molecule has 0 heterocycles. The smallest absolute Gasteiger partial charge is 0.410 e. The number of hydrogen-bond acceptors (Lipinski definition) is 5. The van der Waals surface area contributed by atoms with Gasteiger partial charge in [-0.05, 0) is 38.7 Å². The van der Waals surface area contributed by atoms with E-state index in [2.05, 4.69) is 55.4 Å². The zero-order valence-corrected chi connectivity index (χ0v) is 31.7. The van der Waals surface area contributed by atoms with Crippen molar-refractivity contribution < 1.29 is 23.5 Å². The minimum Gasteiger partial charge on any atom is -0.516 e. The molecule has 3 aromatic rings. The van der Waals surface area contributed by atoms with Gasteiger partial charge < -0.3 is 14.1 Å². The number of hydrogen-bond donors (Lipinski definition) is 0. The van der Waals surface area contributed by atoms with Crippen LogP contribution in [0, 0.1) is 5.92 Å². The van der Waals surface area contributed by atoms with Crippen LogP contribution in [0.5, 0.6) is 0 Å². The van der Waals surface area contributed by atoms with Crippen molar-refractivity contribution in [1.29, 1.82) is 0 Å². The average molecular weight is 673 g/mol. The lowest BCUT2D eigenvalue weighted by Gasteiger charge is -2.51. The Hall–Kier alpha value is -3.91. The number of likely N-dealkylation sites (N-methyl/N-ethyl adjacent to an activating group) is 2. The van der Waals surface area contributed by atoms with Crippen LogP contribution in [0.3, 0.4) is 0 Å². The van der Waals surface area contributed by atoms with Crippen molar-refractivity contribution in [2.24, 2.45) is 5.92 Å². The molecule has 0 unspecified atom stereocenters. The summed E-state index contributed by atoms with van der Waals surface area (Å²) in [6, 6.07) is 27.7. The van der Waals surface area contributed by atoms with Crippen LogP contribution >= 0.6 is 0 Å². The molecule has 0 saturated heterocycles. The number of nitrogens with zero attached hydrogens (tertiary/aromatic N) is 2. The molecule has 0 aromatic heterocycles. The number of ether oxygens (including phenoxy) is 1. The summed E-state index contributed by atoms with van der Waals surface area (Å²) in [6.07, 6.45) is -0.0836. The van der Waals surface area contributed by atoms with Crippen LogP contribution in [0.15, 0.2) is 91.0 Å². The lowest BCUT2D eigenvalue weighted by atomic mass is 10.0. The Balaban J connectivity index is 2.02. The van der Waals surface area contributed by atoms with Crippen LogP contribution < -0.4 is 0 Å². The van der Waals surface area contributed by atoms with Crippen LogP contribution in [0.4, 0.5) is 4.79 Å². The van der Waals surface area contributed by atoms with Crippen molar-refractivity contribution in [3.63, 3.8) is 0 Å². The van der Waals surface area contributed by atoms with E-state index in [1.54, 1.807) is 14.1 Å². The van der Waals surface area contributed by atoms with E-state index in [0.717, 1.165) is 22.7 Å². The van der Waals surface area contributed by atoms with E-state index in [4.69, 9.17) is 9.16 Å². The highest BCUT2D eigenvalue weighted by Crippen LogP contribution is 2.55. The highest BCUT2D eigenvalue weighted by molar-refractivity contribution is 6.80. The summed E-state index contributed by atoms with van der Waals surface area (Å²) in [6.45, 7) is 17.5. The molecule has 3 aromatic carbocycles. The third-order valence-electron chi connectivity index (χ3n) is 9.27. The standard InChI is InChI=1S/C40H56N2O5Si/c1-30(2)29-48(39(3,4)5,40(6,7)8)47-37(44)35(27-32-22-16-12-17-23-32)41(9)36(43)34(26-31-20-14-11-15-21-31)42(10)38(45)46-28-33-24-18-13-19-25-33/h11-25,30,34-35H,26-29H2,1-10H3/t34-,35-/m0/s1. The Morgan fingerprint density at radius 1 is 0.646 bits per heavy atom. The third-order valence-corrected chi connectivity index (χ3v) is 16.1. The second-order valence-corrected chi connectivity index (χ2v) is 20.6. The zero-order chi connectivity index (χ0) is 35.7. The Kier molecular flexibility index (Phi) is 13.2. The molecule has 48 heavy (non-hydrogen) atoms. The summed E-state index contributed by atoms with van der Waals surface area (Å²) >= 11 is 0. The molecule has 0 saturated carbocycles. The SMILES string of the molecule is CC(C)C[Si](OC(=O)[C@H](Cc1ccccc1)N(C)C(=O)[C@H](Cc1ccccc1)N(C)C(=O)OCc1ccccc1)(C(C)(C)C)C(C)(C)C. The Bertz CT molecular complexity index is 1450. The molecule has 0 aliphatic rings. The number of carbonyl (C=O) groups is 3. The molecular formula is C40H56N2O5Si. The summed E-state index contributed by atoms with van der Waals surface area (Å²) in [7, 11) is 0.403. The van der Waals surface area contributed by atoms with Crippen LogP contribution in [0.1, 0.15) is 72.1 Å². The number of carbonyl (C=O) groups excluding carboxylic acids is 3. The fourth-order valence-electron chi connectivity index (χ4n) is 6.68. The molecule has 0 spiro atoms. The van der Waals surface area contributed by atoms with Crippen molar-refractivity contribution in [2.45, 2.75) is 103 Å². The second-order valence-electron chi connectivity index (χ2n) is 15.4. The predicted octanol–water partition coefficient (Wildman–Crippen LogP) is 8.68. The average Bonchev–Trinajstić information content (AvgIpc) is 3.03. The lowest BCUT2D eigenvalue weighted by molar-refractivity contribution is -0.150. The van der Waals surface area contributed by atoms with Gasteiger partial charge in [-0.1, -0.05) is 146 Å². The summed E-state index contributed by atoms with van der Waals surface area (Å²) < 4.78 is 12.5. The van der Waals surface area contributed by atoms with Crippen LogP contribution in [0.25, 0.3) is 0 Å². The Morgan fingerprint density at radius 2 is 1.06 bits per heavy atom. The van der Waals surface area contributed by atoms with Crippen molar-refractivity contribution in [2.75, 3.05) is 14.1 Å². The molecular weight excluding hydrogens is 617 g/mol. The van der Waals surface area contributed by atoms with Crippen molar-refractivity contribution >= 4 is 26.3 Å². The predicted molar refractivity (Wildman–Crippen MR) is 196 cm³/mol. The van der Waals surface area contributed by atoms with E-state index < -0.39 is 32.5 Å². The minimum absolute atomic E-state index is 0.0806. The van der Waals surface area contributed by atoms with E-state index in [1.807, 2.05) is 91.0 Å².